The molecule has 0 aliphatic rings. The standard InChI is InChI=1S/2C4H14OSi2/c2*1-6(2)5-7(3)4/h2*6-7H,1-4H3. The van der Waals surface area contributed by atoms with Gasteiger partial charge >= 0.3 is 0 Å². The van der Waals surface area contributed by atoms with Crippen molar-refractivity contribution >= 4 is 36.2 Å². The average molecular weight is 269 g/mol. The van der Waals surface area contributed by atoms with Gasteiger partial charge in [0.1, 0.15) is 0 Å². The largest absolute Gasteiger partial charge is 0.461 e. The Morgan fingerprint density at radius 2 is 0.571 bits per heavy atom. The molecule has 0 saturated carbocycles. The van der Waals surface area contributed by atoms with Crippen molar-refractivity contribution < 1.29 is 8.23 Å². The summed E-state index contributed by atoms with van der Waals surface area (Å²) < 4.78 is 11.1. The molecule has 14 heavy (non-hydrogen) atoms. The molecule has 0 unspecified atom stereocenters. The van der Waals surface area contributed by atoms with Gasteiger partial charge in [-0.05, 0) is 52.4 Å². The van der Waals surface area contributed by atoms with Crippen molar-refractivity contribution in [2.24, 2.45) is 0 Å². The summed E-state index contributed by atoms with van der Waals surface area (Å²) in [5.41, 5.74) is 0. The Kier molecular flexibility index (Phi) is 12.7. The van der Waals surface area contributed by atoms with E-state index in [4.69, 9.17) is 8.23 Å². The maximum absolute atomic E-state index is 5.53. The number of hydrogen-bond acceptors (Lipinski definition) is 2. The Bertz CT molecular complexity index is 91.9. The van der Waals surface area contributed by atoms with Crippen molar-refractivity contribution in [2.75, 3.05) is 0 Å². The highest BCUT2D eigenvalue weighted by molar-refractivity contribution is 6.63. The lowest BCUT2D eigenvalue weighted by Crippen LogP contribution is -2.17. The van der Waals surface area contributed by atoms with Gasteiger partial charge in [0, 0.05) is 0 Å². The van der Waals surface area contributed by atoms with Crippen LogP contribution in [0.5, 0.6) is 0 Å². The van der Waals surface area contributed by atoms with E-state index in [9.17, 15) is 0 Å². The number of rotatable bonds is 4. The van der Waals surface area contributed by atoms with Crippen LogP contribution in [0.2, 0.25) is 52.4 Å². The molecule has 0 radical (unpaired) electrons. The van der Waals surface area contributed by atoms with Gasteiger partial charge in [0.15, 0.2) is 36.2 Å². The second kappa shape index (κ2) is 10.3. The lowest BCUT2D eigenvalue weighted by molar-refractivity contribution is 0.607. The van der Waals surface area contributed by atoms with Crippen LogP contribution in [-0.2, 0) is 8.23 Å². The van der Waals surface area contributed by atoms with Crippen molar-refractivity contribution in [1.29, 1.82) is 0 Å². The van der Waals surface area contributed by atoms with Gasteiger partial charge in [-0.15, -0.1) is 0 Å². The van der Waals surface area contributed by atoms with Crippen LogP contribution in [-0.4, -0.2) is 36.2 Å². The molecule has 0 rings (SSSR count). The van der Waals surface area contributed by atoms with E-state index in [0.717, 1.165) is 0 Å². The minimum Gasteiger partial charge on any atom is -0.461 e. The molecule has 2 nitrogen and oxygen atoms in total. The third-order valence-electron chi connectivity index (χ3n) is 1.09. The minimum atomic E-state index is -0.667. The maximum atomic E-state index is 5.53. The van der Waals surface area contributed by atoms with E-state index in [1.807, 2.05) is 0 Å². The Morgan fingerprint density at radius 3 is 0.571 bits per heavy atom. The molecule has 0 spiro atoms. The van der Waals surface area contributed by atoms with Crippen LogP contribution in [0.4, 0.5) is 0 Å². The summed E-state index contributed by atoms with van der Waals surface area (Å²) >= 11 is 0. The van der Waals surface area contributed by atoms with Gasteiger partial charge in [0.05, 0.1) is 0 Å². The highest BCUT2D eigenvalue weighted by Gasteiger charge is 1.98. The van der Waals surface area contributed by atoms with Crippen molar-refractivity contribution in [3.05, 3.63) is 0 Å². The van der Waals surface area contributed by atoms with Crippen molar-refractivity contribution in [2.45, 2.75) is 52.4 Å². The topological polar surface area (TPSA) is 18.5 Å². The van der Waals surface area contributed by atoms with Crippen molar-refractivity contribution in [3.8, 4) is 0 Å². The second-order valence-electron chi connectivity index (χ2n) is 4.47. The molecule has 0 aromatic rings. The molecule has 0 atom stereocenters. The van der Waals surface area contributed by atoms with E-state index >= 15 is 0 Å². The van der Waals surface area contributed by atoms with Gasteiger partial charge in [-0.3, -0.25) is 0 Å². The van der Waals surface area contributed by atoms with Crippen LogP contribution in [0.15, 0.2) is 0 Å². The maximum Gasteiger partial charge on any atom is 0.156 e. The first kappa shape index (κ1) is 17.2. The fourth-order valence-corrected chi connectivity index (χ4v) is 9.80. The lowest BCUT2D eigenvalue weighted by atomic mass is 11.9. The van der Waals surface area contributed by atoms with Gasteiger partial charge < -0.3 is 8.23 Å². The minimum absolute atomic E-state index is 0.667. The highest BCUT2D eigenvalue weighted by Crippen LogP contribution is 1.88. The predicted octanol–water partition coefficient (Wildman–Crippen LogP) is 1.94. The molecular formula is C8H28O2Si4. The van der Waals surface area contributed by atoms with E-state index in [1.54, 1.807) is 0 Å². The Hall–Kier alpha value is 0.788. The normalized spacial score (nSPS) is 11.1. The summed E-state index contributed by atoms with van der Waals surface area (Å²) in [5.74, 6) is 0. The van der Waals surface area contributed by atoms with E-state index < -0.39 is 36.2 Å². The molecule has 0 N–H and O–H groups in total. The first-order valence-electron chi connectivity index (χ1n) is 5.56. The smallest absolute Gasteiger partial charge is 0.156 e. The summed E-state index contributed by atoms with van der Waals surface area (Å²) in [6.07, 6.45) is 0. The van der Waals surface area contributed by atoms with Crippen LogP contribution in [0, 0.1) is 0 Å². The number of hydrogen-bond donors (Lipinski definition) is 0. The SMILES string of the molecule is C[SiH](C)O[SiH](C)C.C[SiH](C)O[SiH](C)C. The molecule has 88 valence electrons. The van der Waals surface area contributed by atoms with Gasteiger partial charge in [-0.2, -0.15) is 0 Å². The molecule has 0 bridgehead atoms. The summed E-state index contributed by atoms with van der Waals surface area (Å²) in [4.78, 5) is 0. The Balaban J connectivity index is 0. The van der Waals surface area contributed by atoms with E-state index in [2.05, 4.69) is 52.4 Å². The second-order valence-corrected chi connectivity index (χ2v) is 15.0. The molecule has 0 aromatic carbocycles. The highest BCUT2D eigenvalue weighted by atomic mass is 28.4. The molecule has 0 aliphatic carbocycles. The lowest BCUT2D eigenvalue weighted by Gasteiger charge is -2.07. The van der Waals surface area contributed by atoms with Gasteiger partial charge in [-0.25, -0.2) is 0 Å². The Morgan fingerprint density at radius 1 is 0.429 bits per heavy atom. The monoisotopic (exact) mass is 268 g/mol. The molecule has 0 aliphatic heterocycles. The molecule has 6 heteroatoms. The summed E-state index contributed by atoms with van der Waals surface area (Å²) in [7, 11) is -2.67. The Labute approximate surface area is 96.9 Å². The van der Waals surface area contributed by atoms with Crippen molar-refractivity contribution in [3.63, 3.8) is 0 Å². The zero-order valence-corrected chi connectivity index (χ0v) is 15.7. The van der Waals surface area contributed by atoms with Crippen LogP contribution in [0.1, 0.15) is 0 Å². The fourth-order valence-electron chi connectivity index (χ4n) is 1.09. The summed E-state index contributed by atoms with van der Waals surface area (Å²) in [5, 5.41) is 0. The molecule has 0 aromatic heterocycles. The van der Waals surface area contributed by atoms with Crippen LogP contribution < -0.4 is 0 Å². The van der Waals surface area contributed by atoms with Gasteiger partial charge in [0.25, 0.3) is 0 Å². The van der Waals surface area contributed by atoms with E-state index in [1.165, 1.54) is 0 Å². The van der Waals surface area contributed by atoms with Gasteiger partial charge in [-0.1, -0.05) is 0 Å². The molecular weight excluding hydrogens is 240 g/mol. The quantitative estimate of drug-likeness (QED) is 0.726. The fraction of sp³-hybridized carbons (Fsp3) is 1.00. The third kappa shape index (κ3) is 23.0. The first-order valence-corrected chi connectivity index (χ1v) is 16.7. The molecule has 0 heterocycles. The predicted molar refractivity (Wildman–Crippen MR) is 77.7 cm³/mol. The molecule has 0 amide bonds. The third-order valence-corrected chi connectivity index (χ3v) is 9.80. The van der Waals surface area contributed by atoms with Crippen LogP contribution in [0.3, 0.4) is 0 Å². The zero-order chi connectivity index (χ0) is 11.7. The zero-order valence-electron chi connectivity index (χ0n) is 11.1. The summed E-state index contributed by atoms with van der Waals surface area (Å²) in [6.45, 7) is 17.7. The molecule has 0 fully saturated rings. The van der Waals surface area contributed by atoms with Gasteiger partial charge in [0.2, 0.25) is 0 Å². The molecule has 0 saturated heterocycles. The van der Waals surface area contributed by atoms with Crippen LogP contribution >= 0.6 is 0 Å². The summed E-state index contributed by atoms with van der Waals surface area (Å²) in [6, 6.07) is 0. The first-order chi connectivity index (χ1) is 6.25. The van der Waals surface area contributed by atoms with Crippen LogP contribution in [0.25, 0.3) is 0 Å². The van der Waals surface area contributed by atoms with E-state index in [-0.39, 0.29) is 0 Å². The average Bonchev–Trinajstić information content (AvgIpc) is 1.79. The van der Waals surface area contributed by atoms with E-state index in [0.29, 0.717) is 0 Å². The van der Waals surface area contributed by atoms with Crippen molar-refractivity contribution in [1.82, 2.24) is 0 Å².